The van der Waals surface area contributed by atoms with Gasteiger partial charge in [0.1, 0.15) is 6.07 Å². The SMILES string of the molecule is COc1cc(/C=C2\N=C(c3ccccc3)OC2=O)ccc1OCC#N. The van der Waals surface area contributed by atoms with Crippen LogP contribution >= 0.6 is 0 Å². The van der Waals surface area contributed by atoms with E-state index in [2.05, 4.69) is 4.99 Å². The zero-order valence-corrected chi connectivity index (χ0v) is 13.4. The van der Waals surface area contributed by atoms with Gasteiger partial charge in [0.25, 0.3) is 0 Å². The van der Waals surface area contributed by atoms with Crippen molar-refractivity contribution in [1.82, 2.24) is 0 Å². The number of hydrogen-bond acceptors (Lipinski definition) is 6. The number of carbonyl (C=O) groups is 1. The number of cyclic esters (lactones) is 1. The van der Waals surface area contributed by atoms with Crippen LogP contribution in [0.1, 0.15) is 11.1 Å². The fourth-order valence-electron chi connectivity index (χ4n) is 2.27. The van der Waals surface area contributed by atoms with Crippen LogP contribution in [0.2, 0.25) is 0 Å². The number of ether oxygens (including phenoxy) is 3. The van der Waals surface area contributed by atoms with E-state index in [-0.39, 0.29) is 18.2 Å². The Kier molecular flexibility index (Phi) is 4.77. The van der Waals surface area contributed by atoms with Crippen LogP contribution < -0.4 is 9.47 Å². The van der Waals surface area contributed by atoms with Gasteiger partial charge in [0.15, 0.2) is 23.8 Å². The van der Waals surface area contributed by atoms with E-state index in [9.17, 15) is 4.79 Å². The Bertz CT molecular complexity index is 895. The summed E-state index contributed by atoms with van der Waals surface area (Å²) in [6, 6.07) is 16.2. The van der Waals surface area contributed by atoms with Crippen LogP contribution in [0, 0.1) is 11.3 Å². The molecule has 0 N–H and O–H groups in total. The lowest BCUT2D eigenvalue weighted by molar-refractivity contribution is -0.129. The molecule has 3 rings (SSSR count). The average molecular weight is 334 g/mol. The minimum absolute atomic E-state index is 0.0755. The van der Waals surface area contributed by atoms with E-state index in [0.29, 0.717) is 17.1 Å². The number of hydrogen-bond donors (Lipinski definition) is 0. The van der Waals surface area contributed by atoms with Gasteiger partial charge >= 0.3 is 5.97 Å². The van der Waals surface area contributed by atoms with Crippen molar-refractivity contribution < 1.29 is 19.0 Å². The Balaban J connectivity index is 1.88. The summed E-state index contributed by atoms with van der Waals surface area (Å²) in [5.41, 5.74) is 1.63. The van der Waals surface area contributed by atoms with Gasteiger partial charge in [-0.05, 0) is 35.9 Å². The fraction of sp³-hybridized carbons (Fsp3) is 0.105. The highest BCUT2D eigenvalue weighted by molar-refractivity contribution is 6.12. The zero-order chi connectivity index (χ0) is 17.6. The van der Waals surface area contributed by atoms with Crippen LogP contribution in [0.15, 0.2) is 59.2 Å². The maximum absolute atomic E-state index is 12.0. The molecule has 2 aromatic carbocycles. The van der Waals surface area contributed by atoms with Gasteiger partial charge in [0.05, 0.1) is 7.11 Å². The molecule has 1 heterocycles. The predicted octanol–water partition coefficient (Wildman–Crippen LogP) is 2.94. The van der Waals surface area contributed by atoms with Crippen molar-refractivity contribution >= 4 is 17.9 Å². The molecule has 0 aliphatic carbocycles. The topological polar surface area (TPSA) is 80.9 Å². The minimum atomic E-state index is -0.511. The summed E-state index contributed by atoms with van der Waals surface area (Å²) in [4.78, 5) is 16.3. The molecule has 0 aromatic heterocycles. The van der Waals surface area contributed by atoms with Gasteiger partial charge < -0.3 is 14.2 Å². The van der Waals surface area contributed by atoms with E-state index < -0.39 is 5.97 Å². The van der Waals surface area contributed by atoms with Crippen molar-refractivity contribution in [3.63, 3.8) is 0 Å². The first-order valence-corrected chi connectivity index (χ1v) is 7.47. The first-order chi connectivity index (χ1) is 12.2. The third-order valence-electron chi connectivity index (χ3n) is 3.42. The second kappa shape index (κ2) is 7.32. The monoisotopic (exact) mass is 334 g/mol. The molecule has 0 unspecified atom stereocenters. The first-order valence-electron chi connectivity index (χ1n) is 7.47. The Morgan fingerprint density at radius 2 is 2.00 bits per heavy atom. The van der Waals surface area contributed by atoms with Gasteiger partial charge in [-0.3, -0.25) is 0 Å². The molecule has 25 heavy (non-hydrogen) atoms. The number of aliphatic imine (C=N–C) groups is 1. The van der Waals surface area contributed by atoms with Crippen LogP contribution in [0.25, 0.3) is 6.08 Å². The highest BCUT2D eigenvalue weighted by atomic mass is 16.6. The lowest BCUT2D eigenvalue weighted by Crippen LogP contribution is -2.04. The summed E-state index contributed by atoms with van der Waals surface area (Å²) in [5.74, 6) is 0.678. The summed E-state index contributed by atoms with van der Waals surface area (Å²) in [6.07, 6.45) is 1.61. The van der Waals surface area contributed by atoms with Crippen LogP contribution in [0.4, 0.5) is 0 Å². The molecule has 0 atom stereocenters. The molecule has 6 nitrogen and oxygen atoms in total. The zero-order valence-electron chi connectivity index (χ0n) is 13.4. The summed E-state index contributed by atoms with van der Waals surface area (Å²) in [6.45, 7) is -0.0755. The largest absolute Gasteiger partial charge is 0.493 e. The van der Waals surface area contributed by atoms with E-state index in [1.807, 2.05) is 36.4 Å². The van der Waals surface area contributed by atoms with Gasteiger partial charge in [0, 0.05) is 5.56 Å². The smallest absolute Gasteiger partial charge is 0.363 e. The summed E-state index contributed by atoms with van der Waals surface area (Å²) in [5, 5.41) is 8.59. The van der Waals surface area contributed by atoms with E-state index in [0.717, 1.165) is 5.56 Å². The van der Waals surface area contributed by atoms with Crippen molar-refractivity contribution in [1.29, 1.82) is 5.26 Å². The highest BCUT2D eigenvalue weighted by Gasteiger charge is 2.24. The number of benzene rings is 2. The van der Waals surface area contributed by atoms with Crippen LogP contribution in [-0.4, -0.2) is 25.6 Å². The molecular weight excluding hydrogens is 320 g/mol. The lowest BCUT2D eigenvalue weighted by atomic mass is 10.1. The molecule has 0 fully saturated rings. The van der Waals surface area contributed by atoms with E-state index in [1.165, 1.54) is 7.11 Å². The number of methoxy groups -OCH3 is 1. The van der Waals surface area contributed by atoms with Crippen LogP contribution in [0.3, 0.4) is 0 Å². The van der Waals surface area contributed by atoms with Gasteiger partial charge in [-0.2, -0.15) is 5.26 Å². The van der Waals surface area contributed by atoms with Crippen molar-refractivity contribution in [2.45, 2.75) is 0 Å². The Morgan fingerprint density at radius 3 is 2.72 bits per heavy atom. The number of nitriles is 1. The van der Waals surface area contributed by atoms with Crippen molar-refractivity contribution in [2.75, 3.05) is 13.7 Å². The molecule has 0 radical (unpaired) electrons. The molecule has 124 valence electrons. The molecule has 0 saturated heterocycles. The molecule has 0 bridgehead atoms. The Hall–Kier alpha value is -3.59. The number of esters is 1. The Morgan fingerprint density at radius 1 is 1.20 bits per heavy atom. The number of carbonyl (C=O) groups excluding carboxylic acids is 1. The molecule has 1 aliphatic rings. The van der Waals surface area contributed by atoms with Gasteiger partial charge in [-0.1, -0.05) is 24.3 Å². The molecule has 0 amide bonds. The molecule has 1 aliphatic heterocycles. The second-order valence-electron chi connectivity index (χ2n) is 5.06. The van der Waals surface area contributed by atoms with E-state index in [4.69, 9.17) is 19.5 Å². The summed E-state index contributed by atoms with van der Waals surface area (Å²) < 4.78 is 15.7. The van der Waals surface area contributed by atoms with Crippen molar-refractivity contribution in [2.24, 2.45) is 4.99 Å². The van der Waals surface area contributed by atoms with Crippen LogP contribution in [0.5, 0.6) is 11.5 Å². The van der Waals surface area contributed by atoms with Crippen molar-refractivity contribution in [3.8, 4) is 17.6 Å². The van der Waals surface area contributed by atoms with Gasteiger partial charge in [-0.15, -0.1) is 0 Å². The predicted molar refractivity (Wildman–Crippen MR) is 91.2 cm³/mol. The standard InChI is InChI=1S/C19H14N2O4/c1-23-17-12-13(7-8-16(17)24-10-9-20)11-15-19(22)25-18(21-15)14-5-3-2-4-6-14/h2-8,11-12H,10H2,1H3/b15-11-. The third kappa shape index (κ3) is 3.67. The quantitative estimate of drug-likeness (QED) is 0.620. The van der Waals surface area contributed by atoms with Crippen molar-refractivity contribution in [3.05, 3.63) is 65.4 Å². The minimum Gasteiger partial charge on any atom is -0.493 e. The van der Waals surface area contributed by atoms with Crippen LogP contribution in [-0.2, 0) is 9.53 Å². The van der Waals surface area contributed by atoms with E-state index in [1.54, 1.807) is 24.3 Å². The van der Waals surface area contributed by atoms with E-state index >= 15 is 0 Å². The maximum Gasteiger partial charge on any atom is 0.363 e. The lowest BCUT2D eigenvalue weighted by Gasteiger charge is -2.08. The fourth-order valence-corrected chi connectivity index (χ4v) is 2.27. The normalized spacial score (nSPS) is 14.6. The maximum atomic E-state index is 12.0. The molecule has 0 saturated carbocycles. The van der Waals surface area contributed by atoms with Gasteiger partial charge in [0.2, 0.25) is 5.90 Å². The first kappa shape index (κ1) is 16.3. The molecule has 0 spiro atoms. The second-order valence-corrected chi connectivity index (χ2v) is 5.06. The summed E-state index contributed by atoms with van der Waals surface area (Å²) >= 11 is 0. The molecule has 6 heteroatoms. The number of rotatable bonds is 5. The number of nitrogens with zero attached hydrogens (tertiary/aromatic N) is 2. The highest BCUT2D eigenvalue weighted by Crippen LogP contribution is 2.29. The Labute approximate surface area is 144 Å². The average Bonchev–Trinajstić information content (AvgIpc) is 3.02. The third-order valence-corrected chi connectivity index (χ3v) is 3.42. The molecule has 2 aromatic rings. The molecular formula is C19H14N2O4. The van der Waals surface area contributed by atoms with Gasteiger partial charge in [-0.25, -0.2) is 9.79 Å². The summed E-state index contributed by atoms with van der Waals surface area (Å²) in [7, 11) is 1.50.